The van der Waals surface area contributed by atoms with Gasteiger partial charge in [-0.25, -0.2) is 9.78 Å². The zero-order valence-electron chi connectivity index (χ0n) is 14.2. The van der Waals surface area contributed by atoms with Gasteiger partial charge in [0, 0.05) is 18.3 Å². The van der Waals surface area contributed by atoms with E-state index in [0.29, 0.717) is 18.7 Å². The minimum Gasteiger partial charge on any atom is -0.482 e. The van der Waals surface area contributed by atoms with Gasteiger partial charge in [-0.3, -0.25) is 4.79 Å². The lowest BCUT2D eigenvalue weighted by Crippen LogP contribution is -2.25. The molecule has 0 unspecified atom stereocenters. The second-order valence-electron chi connectivity index (χ2n) is 5.64. The Morgan fingerprint density at radius 2 is 2.00 bits per heavy atom. The van der Waals surface area contributed by atoms with Crippen LogP contribution < -0.4 is 10.1 Å². The van der Waals surface area contributed by atoms with Crippen molar-refractivity contribution in [1.29, 1.82) is 0 Å². The molecule has 1 heterocycles. The van der Waals surface area contributed by atoms with E-state index in [4.69, 9.17) is 9.84 Å². The Morgan fingerprint density at radius 3 is 2.64 bits per heavy atom. The molecule has 7 heteroatoms. The molecule has 1 aromatic carbocycles. The van der Waals surface area contributed by atoms with E-state index in [1.165, 1.54) is 0 Å². The summed E-state index contributed by atoms with van der Waals surface area (Å²) < 4.78 is 5.07. The van der Waals surface area contributed by atoms with Crippen LogP contribution in [0.2, 0.25) is 0 Å². The molecule has 0 spiro atoms. The van der Waals surface area contributed by atoms with Crippen molar-refractivity contribution in [3.05, 3.63) is 45.9 Å². The van der Waals surface area contributed by atoms with Crippen LogP contribution in [-0.4, -0.2) is 35.1 Å². The highest BCUT2D eigenvalue weighted by Gasteiger charge is 2.04. The van der Waals surface area contributed by atoms with Gasteiger partial charge in [0.15, 0.2) is 6.61 Å². The molecule has 0 radical (unpaired) electrons. The van der Waals surface area contributed by atoms with E-state index in [1.54, 1.807) is 23.5 Å². The second-order valence-corrected chi connectivity index (χ2v) is 6.70. The van der Waals surface area contributed by atoms with Gasteiger partial charge in [-0.05, 0) is 43.9 Å². The third-order valence-corrected chi connectivity index (χ3v) is 4.35. The van der Waals surface area contributed by atoms with E-state index >= 15 is 0 Å². The SMILES string of the molecule is Cc1nc(CCCC(=O)NCCc2ccc(OCC(=O)O)cc2)cs1. The van der Waals surface area contributed by atoms with E-state index in [2.05, 4.69) is 10.3 Å². The molecule has 0 saturated carbocycles. The number of nitrogens with one attached hydrogen (secondary N) is 1. The minimum atomic E-state index is -1.00. The topological polar surface area (TPSA) is 88.5 Å². The van der Waals surface area contributed by atoms with Crippen LogP contribution in [0.4, 0.5) is 0 Å². The lowest BCUT2D eigenvalue weighted by Gasteiger charge is -2.07. The number of carboxylic acids is 1. The van der Waals surface area contributed by atoms with Crippen molar-refractivity contribution in [2.75, 3.05) is 13.2 Å². The molecule has 0 fully saturated rings. The lowest BCUT2D eigenvalue weighted by atomic mass is 10.1. The zero-order chi connectivity index (χ0) is 18.1. The van der Waals surface area contributed by atoms with Crippen molar-refractivity contribution < 1.29 is 19.4 Å². The van der Waals surface area contributed by atoms with E-state index < -0.39 is 5.97 Å². The van der Waals surface area contributed by atoms with Gasteiger partial charge in [-0.15, -0.1) is 11.3 Å². The van der Waals surface area contributed by atoms with E-state index in [1.807, 2.05) is 24.4 Å². The molecule has 0 saturated heterocycles. The molecule has 0 bridgehead atoms. The van der Waals surface area contributed by atoms with Gasteiger partial charge in [-0.2, -0.15) is 0 Å². The monoisotopic (exact) mass is 362 g/mol. The average molecular weight is 362 g/mol. The normalized spacial score (nSPS) is 10.4. The Balaban J connectivity index is 1.61. The summed E-state index contributed by atoms with van der Waals surface area (Å²) in [6, 6.07) is 7.20. The highest BCUT2D eigenvalue weighted by Crippen LogP contribution is 2.12. The number of rotatable bonds is 10. The molecule has 0 aliphatic carbocycles. The van der Waals surface area contributed by atoms with Crippen molar-refractivity contribution in [3.63, 3.8) is 0 Å². The fourth-order valence-corrected chi connectivity index (χ4v) is 2.93. The summed E-state index contributed by atoms with van der Waals surface area (Å²) in [5.41, 5.74) is 2.11. The number of benzene rings is 1. The van der Waals surface area contributed by atoms with Gasteiger partial charge in [0.25, 0.3) is 0 Å². The van der Waals surface area contributed by atoms with Crippen molar-refractivity contribution in [1.82, 2.24) is 10.3 Å². The first-order valence-corrected chi connectivity index (χ1v) is 9.02. The predicted octanol–water partition coefficient (Wildman–Crippen LogP) is 2.60. The molecular weight excluding hydrogens is 340 g/mol. The third kappa shape index (κ3) is 7.34. The van der Waals surface area contributed by atoms with Gasteiger partial charge in [0.2, 0.25) is 5.91 Å². The summed E-state index contributed by atoms with van der Waals surface area (Å²) in [5, 5.41) is 14.6. The number of carbonyl (C=O) groups is 2. The fourth-order valence-electron chi connectivity index (χ4n) is 2.29. The fraction of sp³-hybridized carbons (Fsp3) is 0.389. The van der Waals surface area contributed by atoms with Gasteiger partial charge >= 0.3 is 5.97 Å². The molecule has 134 valence electrons. The van der Waals surface area contributed by atoms with Gasteiger partial charge in [-0.1, -0.05) is 12.1 Å². The number of carbonyl (C=O) groups excluding carboxylic acids is 1. The number of thiazole rings is 1. The molecule has 6 nitrogen and oxygen atoms in total. The van der Waals surface area contributed by atoms with Crippen LogP contribution in [0.1, 0.15) is 29.1 Å². The highest BCUT2D eigenvalue weighted by atomic mass is 32.1. The Bertz CT molecular complexity index is 697. The summed E-state index contributed by atoms with van der Waals surface area (Å²) in [7, 11) is 0. The first-order valence-electron chi connectivity index (χ1n) is 8.14. The standard InChI is InChI=1S/C18H22N2O4S/c1-13-20-15(12-25-13)3-2-4-17(21)19-10-9-14-5-7-16(8-6-14)24-11-18(22)23/h5-8,12H,2-4,9-11H2,1H3,(H,19,21)(H,22,23). The van der Waals surface area contributed by atoms with Crippen LogP contribution in [0.3, 0.4) is 0 Å². The number of aryl methyl sites for hydroxylation is 2. The third-order valence-electron chi connectivity index (χ3n) is 3.52. The van der Waals surface area contributed by atoms with E-state index in [-0.39, 0.29) is 12.5 Å². The van der Waals surface area contributed by atoms with Crippen molar-refractivity contribution in [3.8, 4) is 5.75 Å². The quantitative estimate of drug-likeness (QED) is 0.678. The maximum atomic E-state index is 11.8. The number of hydrogen-bond donors (Lipinski definition) is 2. The number of nitrogens with zero attached hydrogens (tertiary/aromatic N) is 1. The molecular formula is C18H22N2O4S. The number of amides is 1. The summed E-state index contributed by atoms with van der Waals surface area (Å²) in [6.07, 6.45) is 2.84. The van der Waals surface area contributed by atoms with Crippen molar-refractivity contribution in [2.24, 2.45) is 0 Å². The molecule has 0 aliphatic rings. The summed E-state index contributed by atoms with van der Waals surface area (Å²) in [6.45, 7) is 2.20. The summed E-state index contributed by atoms with van der Waals surface area (Å²) in [5.74, 6) is -0.433. The zero-order valence-corrected chi connectivity index (χ0v) is 15.0. The summed E-state index contributed by atoms with van der Waals surface area (Å²) in [4.78, 5) is 26.6. The van der Waals surface area contributed by atoms with Gasteiger partial charge < -0.3 is 15.2 Å². The highest BCUT2D eigenvalue weighted by molar-refractivity contribution is 7.09. The van der Waals surface area contributed by atoms with E-state index in [9.17, 15) is 9.59 Å². The Morgan fingerprint density at radius 1 is 1.24 bits per heavy atom. The molecule has 2 rings (SSSR count). The minimum absolute atomic E-state index is 0.0494. The van der Waals surface area contributed by atoms with Crippen molar-refractivity contribution in [2.45, 2.75) is 32.6 Å². The van der Waals surface area contributed by atoms with Crippen LogP contribution in [0.5, 0.6) is 5.75 Å². The number of aliphatic carboxylic acids is 1. The lowest BCUT2D eigenvalue weighted by molar-refractivity contribution is -0.139. The van der Waals surface area contributed by atoms with E-state index in [0.717, 1.165) is 35.5 Å². The first kappa shape index (κ1) is 18.9. The molecule has 1 amide bonds. The molecule has 25 heavy (non-hydrogen) atoms. The number of ether oxygens (including phenoxy) is 1. The predicted molar refractivity (Wildman–Crippen MR) is 96.1 cm³/mol. The molecule has 2 aromatic rings. The molecule has 0 aliphatic heterocycles. The maximum Gasteiger partial charge on any atom is 0.341 e. The maximum absolute atomic E-state index is 11.8. The van der Waals surface area contributed by atoms with Crippen LogP contribution in [0.15, 0.2) is 29.6 Å². The van der Waals surface area contributed by atoms with Crippen LogP contribution in [-0.2, 0) is 22.4 Å². The summed E-state index contributed by atoms with van der Waals surface area (Å²) >= 11 is 1.63. The molecule has 0 atom stereocenters. The van der Waals surface area contributed by atoms with Crippen LogP contribution >= 0.6 is 11.3 Å². The van der Waals surface area contributed by atoms with Crippen LogP contribution in [0, 0.1) is 6.92 Å². The smallest absolute Gasteiger partial charge is 0.341 e. The number of carboxylic acid groups (broad SMARTS) is 1. The Kier molecular flexibility index (Phi) is 7.40. The van der Waals surface area contributed by atoms with Crippen molar-refractivity contribution >= 4 is 23.2 Å². The molecule has 1 aromatic heterocycles. The Labute approximate surface area is 150 Å². The molecule has 2 N–H and O–H groups in total. The second kappa shape index (κ2) is 9.78. The largest absolute Gasteiger partial charge is 0.482 e. The van der Waals surface area contributed by atoms with Gasteiger partial charge in [0.1, 0.15) is 5.75 Å². The number of aromatic nitrogens is 1. The van der Waals surface area contributed by atoms with Crippen LogP contribution in [0.25, 0.3) is 0 Å². The average Bonchev–Trinajstić information content (AvgIpc) is 2.99. The number of hydrogen-bond acceptors (Lipinski definition) is 5. The van der Waals surface area contributed by atoms with Gasteiger partial charge in [0.05, 0.1) is 10.7 Å². The Hall–Kier alpha value is -2.41. The first-order chi connectivity index (χ1) is 12.0.